The molecule has 1 amide bonds. The Labute approximate surface area is 519 Å². The number of unbranched alkanes of at least 4 members (excludes halogenated alkanes) is 28. The zero-order valence-corrected chi connectivity index (χ0v) is 54.2. The molecule has 1 aliphatic rings. The Morgan fingerprint density at radius 3 is 1.29 bits per heavy atom. The third kappa shape index (κ3) is 48.0. The minimum atomic E-state index is -1.63. The van der Waals surface area contributed by atoms with E-state index in [9.17, 15) is 35.1 Å². The molecule has 1 saturated heterocycles. The highest BCUT2D eigenvalue weighted by Gasteiger charge is 2.47. The maximum atomic E-state index is 13.5. The average molecular weight is 1190 g/mol. The number of aliphatic hydroxyl groups excluding tert-OH is 5. The van der Waals surface area contributed by atoms with Crippen molar-refractivity contribution in [1.29, 1.82) is 0 Å². The van der Waals surface area contributed by atoms with E-state index in [2.05, 4.69) is 123 Å². The molecule has 85 heavy (non-hydrogen) atoms. The van der Waals surface area contributed by atoms with E-state index in [1.54, 1.807) is 6.08 Å². The molecule has 0 aromatic rings. The molecule has 1 aliphatic heterocycles. The van der Waals surface area contributed by atoms with Gasteiger partial charge in [0.25, 0.3) is 0 Å². The van der Waals surface area contributed by atoms with Crippen molar-refractivity contribution in [2.75, 3.05) is 13.2 Å². The lowest BCUT2D eigenvalue weighted by molar-refractivity contribution is -0.305. The number of nitrogens with one attached hydrogen (secondary N) is 1. The third-order valence-electron chi connectivity index (χ3n) is 15.7. The number of esters is 1. The molecule has 11 nitrogen and oxygen atoms in total. The smallest absolute Gasteiger partial charge is 0.306 e. The Kier molecular flexibility index (Phi) is 56.6. The van der Waals surface area contributed by atoms with Crippen LogP contribution >= 0.6 is 0 Å². The average Bonchev–Trinajstić information content (AvgIpc) is 2.90. The summed E-state index contributed by atoms with van der Waals surface area (Å²) in [6, 6.07) is -1.04. The van der Waals surface area contributed by atoms with Crippen molar-refractivity contribution >= 4 is 11.9 Å². The van der Waals surface area contributed by atoms with Gasteiger partial charge >= 0.3 is 5.97 Å². The molecule has 0 bridgehead atoms. The summed E-state index contributed by atoms with van der Waals surface area (Å²) < 4.78 is 17.6. The number of hydrogen-bond acceptors (Lipinski definition) is 10. The van der Waals surface area contributed by atoms with Crippen molar-refractivity contribution in [2.24, 2.45) is 0 Å². The predicted octanol–water partition coefficient (Wildman–Crippen LogP) is 17.6. The van der Waals surface area contributed by atoms with Crippen LogP contribution in [-0.2, 0) is 23.8 Å². The molecule has 0 aromatic carbocycles. The summed E-state index contributed by atoms with van der Waals surface area (Å²) in [5, 5.41) is 57.2. The largest absolute Gasteiger partial charge is 0.454 e. The van der Waals surface area contributed by atoms with E-state index in [0.29, 0.717) is 12.8 Å². The summed E-state index contributed by atoms with van der Waals surface area (Å²) in [6.45, 7) is 5.64. The van der Waals surface area contributed by atoms with Crippen LogP contribution in [-0.4, -0.2) is 99.6 Å². The quantitative estimate of drug-likeness (QED) is 0.0195. The van der Waals surface area contributed by atoms with Gasteiger partial charge in [0.05, 0.1) is 25.4 Å². The molecule has 8 atom stereocenters. The van der Waals surface area contributed by atoms with E-state index in [4.69, 9.17) is 14.2 Å². The van der Waals surface area contributed by atoms with Crippen LogP contribution in [0.4, 0.5) is 0 Å². The van der Waals surface area contributed by atoms with Crippen molar-refractivity contribution in [1.82, 2.24) is 5.32 Å². The summed E-state index contributed by atoms with van der Waals surface area (Å²) in [7, 11) is 0. The molecule has 0 saturated carbocycles. The van der Waals surface area contributed by atoms with E-state index in [1.165, 1.54) is 122 Å². The normalized spacial score (nSPS) is 19.1. The first-order valence-corrected chi connectivity index (χ1v) is 34.7. The highest BCUT2D eigenvalue weighted by Crippen LogP contribution is 2.26. The van der Waals surface area contributed by atoms with Crippen LogP contribution in [0.1, 0.15) is 284 Å². The fraction of sp³-hybridized carbons (Fsp3) is 0.730. The number of amides is 1. The maximum Gasteiger partial charge on any atom is 0.306 e. The lowest BCUT2D eigenvalue weighted by Gasteiger charge is -2.41. The summed E-state index contributed by atoms with van der Waals surface area (Å²) in [5.41, 5.74) is 0. The van der Waals surface area contributed by atoms with Crippen LogP contribution in [0.25, 0.3) is 0 Å². The van der Waals surface area contributed by atoms with Crippen molar-refractivity contribution in [3.05, 3.63) is 109 Å². The van der Waals surface area contributed by atoms with Gasteiger partial charge in [0.1, 0.15) is 24.4 Å². The fourth-order valence-electron chi connectivity index (χ4n) is 10.2. The van der Waals surface area contributed by atoms with Gasteiger partial charge in [-0.2, -0.15) is 0 Å². The van der Waals surface area contributed by atoms with Crippen molar-refractivity contribution in [2.45, 2.75) is 333 Å². The fourth-order valence-corrected chi connectivity index (χ4v) is 10.2. The molecule has 8 unspecified atom stereocenters. The van der Waals surface area contributed by atoms with E-state index in [-0.39, 0.29) is 19.4 Å². The minimum Gasteiger partial charge on any atom is -0.454 e. The van der Waals surface area contributed by atoms with E-state index in [1.807, 2.05) is 6.08 Å². The summed E-state index contributed by atoms with van der Waals surface area (Å²) in [4.78, 5) is 26.6. The van der Waals surface area contributed by atoms with Crippen molar-refractivity contribution in [3.8, 4) is 0 Å². The summed E-state index contributed by atoms with van der Waals surface area (Å²) in [5.74, 6) is -1.22. The van der Waals surface area contributed by atoms with Gasteiger partial charge in [-0.1, -0.05) is 278 Å². The van der Waals surface area contributed by atoms with Gasteiger partial charge in [0.2, 0.25) is 5.91 Å². The highest BCUT2D eigenvalue weighted by molar-refractivity contribution is 5.80. The number of ether oxygens (including phenoxy) is 3. The summed E-state index contributed by atoms with van der Waals surface area (Å²) in [6.07, 6.45) is 72.7. The topological polar surface area (TPSA) is 175 Å². The number of carbonyl (C=O) groups is 2. The first-order valence-electron chi connectivity index (χ1n) is 34.7. The molecule has 488 valence electrons. The Morgan fingerprint density at radius 1 is 0.471 bits per heavy atom. The molecule has 1 rings (SSSR count). The van der Waals surface area contributed by atoms with Gasteiger partial charge in [-0.25, -0.2) is 0 Å². The van der Waals surface area contributed by atoms with Gasteiger partial charge in [-0.15, -0.1) is 0 Å². The van der Waals surface area contributed by atoms with Crippen molar-refractivity contribution < 1.29 is 49.3 Å². The van der Waals surface area contributed by atoms with E-state index in [0.717, 1.165) is 116 Å². The Balaban J connectivity index is 2.60. The Hall–Kier alpha value is -3.68. The standard InChI is InChI=1S/C74H127NO10/c1-4-7-10-13-16-19-22-24-26-28-30-32-34-36-38-40-42-44-47-50-53-56-59-62-69(79)85-72-71(81)70(80)68(63-76)84-74(72)83-64-65(66(77)60-57-54-51-48-45-21-18-15-12-9-6-3)75-73(82)67(78)61-58-55-52-49-46-43-41-39-37-35-33-31-29-27-25-23-20-17-14-11-8-5-2/h7,10,16-17,19-20,24-27,30,32,36,38,42,44,57,60,65-68,70-72,74,76-78,80-81H,4-6,8-9,11-15,18,21-23,28-29,31,33-35,37,39-41,43,45-56,58-59,61-64H2,1-3H3,(H,75,82)/b10-7-,19-16-,20-17-,26-24-,27-25-,32-30-,38-36-,44-42-,60-57+. The van der Waals surface area contributed by atoms with Crippen LogP contribution in [0.3, 0.4) is 0 Å². The molecule has 1 heterocycles. The first kappa shape index (κ1) is 79.3. The molecular weight excluding hydrogens is 1060 g/mol. The molecule has 11 heteroatoms. The van der Waals surface area contributed by atoms with Crippen LogP contribution in [0.15, 0.2) is 109 Å². The number of carbonyl (C=O) groups excluding carboxylic acids is 2. The molecule has 6 N–H and O–H groups in total. The van der Waals surface area contributed by atoms with Crippen LogP contribution in [0.2, 0.25) is 0 Å². The van der Waals surface area contributed by atoms with Gasteiger partial charge in [-0.3, -0.25) is 9.59 Å². The van der Waals surface area contributed by atoms with Crippen LogP contribution in [0, 0.1) is 0 Å². The molecule has 0 spiro atoms. The van der Waals surface area contributed by atoms with Crippen LogP contribution in [0.5, 0.6) is 0 Å². The highest BCUT2D eigenvalue weighted by atomic mass is 16.7. The molecular formula is C74H127NO10. The second-order valence-electron chi connectivity index (χ2n) is 23.5. The van der Waals surface area contributed by atoms with Crippen LogP contribution < -0.4 is 5.32 Å². The zero-order valence-electron chi connectivity index (χ0n) is 54.2. The lowest BCUT2D eigenvalue weighted by atomic mass is 9.99. The SMILES string of the molecule is CC/C=C\C/C=C\C/C=C\C/C=C\C/C=C\C/C=C\CCCCCCC(=O)OC1C(OCC(NC(=O)C(O)CCCCCCCCCCCCCC/C=C\C/C=C\CCCCC)C(O)/C=C/CCCCCCCCCCC)OC(CO)C(O)C1O. The predicted molar refractivity (Wildman–Crippen MR) is 356 cm³/mol. The molecule has 0 aromatic heterocycles. The third-order valence-corrected chi connectivity index (χ3v) is 15.7. The number of allylic oxidation sites excluding steroid dienone is 17. The summed E-state index contributed by atoms with van der Waals surface area (Å²) >= 11 is 0. The van der Waals surface area contributed by atoms with E-state index < -0.39 is 67.4 Å². The second kappa shape index (κ2) is 60.6. The molecule has 1 fully saturated rings. The number of aliphatic hydroxyl groups is 5. The van der Waals surface area contributed by atoms with Crippen molar-refractivity contribution in [3.63, 3.8) is 0 Å². The lowest BCUT2D eigenvalue weighted by Crippen LogP contribution is -2.61. The monoisotopic (exact) mass is 1190 g/mol. The number of rotatable bonds is 58. The number of hydrogen-bond donors (Lipinski definition) is 6. The minimum absolute atomic E-state index is 0.0887. The first-order chi connectivity index (χ1) is 41.7. The second-order valence-corrected chi connectivity index (χ2v) is 23.5. The Bertz CT molecular complexity index is 1800. The van der Waals surface area contributed by atoms with E-state index >= 15 is 0 Å². The maximum absolute atomic E-state index is 13.5. The molecule has 0 aliphatic carbocycles. The van der Waals surface area contributed by atoms with Gasteiger partial charge < -0.3 is 45.1 Å². The van der Waals surface area contributed by atoms with Gasteiger partial charge in [0, 0.05) is 6.42 Å². The Morgan fingerprint density at radius 2 is 0.847 bits per heavy atom. The molecule has 0 radical (unpaired) electrons. The van der Waals surface area contributed by atoms with Gasteiger partial charge in [-0.05, 0) is 109 Å². The zero-order chi connectivity index (χ0) is 61.7. The van der Waals surface area contributed by atoms with Gasteiger partial charge in [0.15, 0.2) is 12.4 Å².